The van der Waals surface area contributed by atoms with E-state index < -0.39 is 0 Å². The van der Waals surface area contributed by atoms with Crippen LogP contribution in [0.4, 0.5) is 0 Å². The molecule has 2 heteroatoms. The average Bonchev–Trinajstić information content (AvgIpc) is 1.79. The molecule has 0 aliphatic carbocycles. The summed E-state index contributed by atoms with van der Waals surface area (Å²) in [5, 5.41) is 17.5. The quantitative estimate of drug-likeness (QED) is 0.457. The van der Waals surface area contributed by atoms with Crippen LogP contribution in [0.2, 0.25) is 0 Å². The first-order valence-corrected chi connectivity index (χ1v) is 3.67. The summed E-state index contributed by atoms with van der Waals surface area (Å²) in [6.45, 7) is 5.14. The Balaban J connectivity index is 2.98. The molecule has 0 spiro atoms. The van der Waals surface area contributed by atoms with Gasteiger partial charge in [-0.15, -0.1) is 0 Å². The number of allylic oxidation sites excluding steroid dienone is 1. The molecule has 2 nitrogen and oxygen atoms in total. The summed E-state index contributed by atoms with van der Waals surface area (Å²) in [5.41, 5.74) is 0. The summed E-state index contributed by atoms with van der Waals surface area (Å²) in [4.78, 5) is 0. The third-order valence-corrected chi connectivity index (χ3v) is 1.34. The fourth-order valence-corrected chi connectivity index (χ4v) is 0.769. The molecule has 10 heavy (non-hydrogen) atoms. The predicted octanol–water partition coefficient (Wildman–Crippen LogP) is 2.00. The number of aliphatic hydroxyl groups excluding tert-OH is 2. The molecule has 0 amide bonds. The number of unbranched alkanes of at least 4 members (excludes halogenated alkanes) is 1. The first-order valence-electron chi connectivity index (χ1n) is 3.67. The van der Waals surface area contributed by atoms with Crippen LogP contribution in [-0.2, 0) is 0 Å². The van der Waals surface area contributed by atoms with Crippen LogP contribution in [0.25, 0.3) is 0 Å². The zero-order valence-electron chi connectivity index (χ0n) is 6.51. The van der Waals surface area contributed by atoms with Crippen LogP contribution >= 0.6 is 0 Å². The minimum Gasteiger partial charge on any atom is -0.513 e. The normalized spacial score (nSPS) is 13.0. The Morgan fingerprint density at radius 3 is 2.50 bits per heavy atom. The molecule has 0 aliphatic heterocycles. The van der Waals surface area contributed by atoms with Gasteiger partial charge in [-0.25, -0.2) is 0 Å². The summed E-state index contributed by atoms with van der Waals surface area (Å²) in [6, 6.07) is 0. The molecule has 0 aliphatic rings. The van der Waals surface area contributed by atoms with Gasteiger partial charge in [0.15, 0.2) is 0 Å². The Labute approximate surface area is 62.2 Å². The molecule has 0 heterocycles. The zero-order valence-corrected chi connectivity index (χ0v) is 6.51. The zero-order chi connectivity index (χ0) is 7.98. The molecular formula is C8H16O2. The molecule has 0 fully saturated rings. The van der Waals surface area contributed by atoms with Gasteiger partial charge in [0.1, 0.15) is 0 Å². The van der Waals surface area contributed by atoms with Crippen LogP contribution in [0.5, 0.6) is 0 Å². The second kappa shape index (κ2) is 5.30. The molecule has 0 rings (SSSR count). The van der Waals surface area contributed by atoms with Crippen LogP contribution in [0, 0.1) is 0 Å². The summed E-state index contributed by atoms with van der Waals surface area (Å²) in [7, 11) is 0. The van der Waals surface area contributed by atoms with Crippen molar-refractivity contribution in [2.75, 3.05) is 0 Å². The van der Waals surface area contributed by atoms with Crippen molar-refractivity contribution in [1.29, 1.82) is 0 Å². The van der Waals surface area contributed by atoms with Crippen molar-refractivity contribution >= 4 is 0 Å². The largest absolute Gasteiger partial charge is 0.513 e. The SMILES string of the molecule is C=C(O)CCCCC(C)O. The highest BCUT2D eigenvalue weighted by atomic mass is 16.3. The molecule has 0 aromatic rings. The second-order valence-electron chi connectivity index (χ2n) is 2.66. The maximum absolute atomic E-state index is 8.83. The van der Waals surface area contributed by atoms with Crippen LogP contribution in [0.3, 0.4) is 0 Å². The highest BCUT2D eigenvalue weighted by Crippen LogP contribution is 2.05. The fourth-order valence-electron chi connectivity index (χ4n) is 0.769. The Hall–Kier alpha value is -0.500. The maximum atomic E-state index is 8.83. The lowest BCUT2D eigenvalue weighted by atomic mass is 10.1. The molecule has 1 atom stereocenters. The van der Waals surface area contributed by atoms with E-state index in [2.05, 4.69) is 6.58 Å². The van der Waals surface area contributed by atoms with Gasteiger partial charge in [0, 0.05) is 6.42 Å². The first kappa shape index (κ1) is 9.50. The van der Waals surface area contributed by atoms with Crippen LogP contribution in [-0.4, -0.2) is 16.3 Å². The van der Waals surface area contributed by atoms with Gasteiger partial charge in [0.25, 0.3) is 0 Å². The second-order valence-corrected chi connectivity index (χ2v) is 2.66. The van der Waals surface area contributed by atoms with E-state index in [-0.39, 0.29) is 11.9 Å². The van der Waals surface area contributed by atoms with E-state index in [1.807, 2.05) is 0 Å². The maximum Gasteiger partial charge on any atom is 0.0851 e. The van der Waals surface area contributed by atoms with E-state index in [1.165, 1.54) is 0 Å². The molecule has 60 valence electrons. The van der Waals surface area contributed by atoms with Gasteiger partial charge in [0.2, 0.25) is 0 Å². The lowest BCUT2D eigenvalue weighted by Crippen LogP contribution is -1.98. The van der Waals surface area contributed by atoms with Crippen molar-refractivity contribution < 1.29 is 10.2 Å². The molecular weight excluding hydrogens is 128 g/mol. The summed E-state index contributed by atoms with van der Waals surface area (Å²) in [6.07, 6.45) is 3.13. The molecule has 0 aromatic heterocycles. The summed E-state index contributed by atoms with van der Waals surface area (Å²) in [5.74, 6) is 0.241. The molecule has 0 saturated heterocycles. The summed E-state index contributed by atoms with van der Waals surface area (Å²) >= 11 is 0. The van der Waals surface area contributed by atoms with Crippen molar-refractivity contribution in [3.63, 3.8) is 0 Å². The van der Waals surface area contributed by atoms with Gasteiger partial charge < -0.3 is 10.2 Å². The van der Waals surface area contributed by atoms with Crippen LogP contribution in [0.15, 0.2) is 12.3 Å². The minimum atomic E-state index is -0.216. The summed E-state index contributed by atoms with van der Waals surface area (Å²) < 4.78 is 0. The molecule has 1 unspecified atom stereocenters. The molecule has 0 saturated carbocycles. The Bertz CT molecular complexity index is 97.4. The fraction of sp³-hybridized carbons (Fsp3) is 0.750. The van der Waals surface area contributed by atoms with Gasteiger partial charge in [-0.3, -0.25) is 0 Å². The number of hydrogen-bond acceptors (Lipinski definition) is 2. The first-order chi connectivity index (χ1) is 4.63. The monoisotopic (exact) mass is 144 g/mol. The van der Waals surface area contributed by atoms with E-state index >= 15 is 0 Å². The molecule has 0 radical (unpaired) electrons. The smallest absolute Gasteiger partial charge is 0.0851 e. The molecule has 0 bridgehead atoms. The Morgan fingerprint density at radius 1 is 1.50 bits per heavy atom. The van der Waals surface area contributed by atoms with Crippen molar-refractivity contribution in [1.82, 2.24) is 0 Å². The third kappa shape index (κ3) is 7.50. The van der Waals surface area contributed by atoms with Gasteiger partial charge in [-0.1, -0.05) is 13.0 Å². The third-order valence-electron chi connectivity index (χ3n) is 1.34. The Morgan fingerprint density at radius 2 is 2.10 bits per heavy atom. The Kier molecular flexibility index (Phi) is 5.03. The lowest BCUT2D eigenvalue weighted by Gasteiger charge is -2.02. The average molecular weight is 144 g/mol. The van der Waals surface area contributed by atoms with E-state index in [0.717, 1.165) is 19.3 Å². The van der Waals surface area contributed by atoms with Crippen LogP contribution < -0.4 is 0 Å². The van der Waals surface area contributed by atoms with Gasteiger partial charge in [-0.2, -0.15) is 0 Å². The van der Waals surface area contributed by atoms with E-state index in [0.29, 0.717) is 6.42 Å². The molecule has 2 N–H and O–H groups in total. The number of rotatable bonds is 5. The van der Waals surface area contributed by atoms with E-state index in [4.69, 9.17) is 10.2 Å². The minimum absolute atomic E-state index is 0.216. The lowest BCUT2D eigenvalue weighted by molar-refractivity contribution is 0.180. The van der Waals surface area contributed by atoms with E-state index in [9.17, 15) is 0 Å². The van der Waals surface area contributed by atoms with E-state index in [1.54, 1.807) is 6.92 Å². The predicted molar refractivity (Wildman–Crippen MR) is 41.9 cm³/mol. The molecule has 0 aromatic carbocycles. The highest BCUT2D eigenvalue weighted by molar-refractivity contribution is 4.77. The van der Waals surface area contributed by atoms with Crippen molar-refractivity contribution in [3.05, 3.63) is 12.3 Å². The standard InChI is InChI=1S/C8H16O2/c1-7(9)5-3-4-6-8(2)10/h8-10H,1,3-6H2,2H3. The van der Waals surface area contributed by atoms with Crippen molar-refractivity contribution in [3.8, 4) is 0 Å². The highest BCUT2D eigenvalue weighted by Gasteiger charge is 1.95. The topological polar surface area (TPSA) is 40.5 Å². The number of aliphatic hydroxyl groups is 2. The van der Waals surface area contributed by atoms with Crippen molar-refractivity contribution in [2.24, 2.45) is 0 Å². The van der Waals surface area contributed by atoms with Crippen LogP contribution in [0.1, 0.15) is 32.6 Å². The van der Waals surface area contributed by atoms with Crippen molar-refractivity contribution in [2.45, 2.75) is 38.7 Å². The van der Waals surface area contributed by atoms with Gasteiger partial charge in [-0.05, 0) is 19.8 Å². The van der Waals surface area contributed by atoms with Gasteiger partial charge >= 0.3 is 0 Å². The number of hydrogen-bond donors (Lipinski definition) is 2. The van der Waals surface area contributed by atoms with Gasteiger partial charge in [0.05, 0.1) is 11.9 Å².